The average Bonchev–Trinajstić information content (AvgIpc) is 2.72. The van der Waals surface area contributed by atoms with Gasteiger partial charge in [0.2, 0.25) is 0 Å². The Morgan fingerprint density at radius 3 is 2.63 bits per heavy atom. The first-order chi connectivity index (χ1) is 8.86. The van der Waals surface area contributed by atoms with Crippen molar-refractivity contribution in [2.24, 2.45) is 22.7 Å². The summed E-state index contributed by atoms with van der Waals surface area (Å²) in [6.07, 6.45) is 4.89. The van der Waals surface area contributed by atoms with Crippen molar-refractivity contribution in [1.29, 1.82) is 0 Å². The summed E-state index contributed by atoms with van der Waals surface area (Å²) in [5.41, 5.74) is -0.173. The summed E-state index contributed by atoms with van der Waals surface area (Å²) in [6, 6.07) is 0. The van der Waals surface area contributed by atoms with Crippen molar-refractivity contribution in [3.63, 3.8) is 0 Å². The van der Waals surface area contributed by atoms with Crippen LogP contribution in [0.15, 0.2) is 0 Å². The summed E-state index contributed by atoms with van der Waals surface area (Å²) in [6.45, 7) is 7.74. The molecule has 0 spiro atoms. The molecule has 0 radical (unpaired) electrons. The van der Waals surface area contributed by atoms with E-state index in [1.807, 2.05) is 0 Å². The van der Waals surface area contributed by atoms with Crippen molar-refractivity contribution < 1.29 is 14.9 Å². The Bertz CT molecular complexity index is 367. The van der Waals surface area contributed by atoms with Gasteiger partial charge in [-0.3, -0.25) is 0 Å². The van der Waals surface area contributed by atoms with Crippen molar-refractivity contribution in [1.82, 2.24) is 0 Å². The zero-order valence-electron chi connectivity index (χ0n) is 12.5. The minimum atomic E-state index is -0.474. The van der Waals surface area contributed by atoms with Crippen molar-refractivity contribution in [3.8, 4) is 0 Å². The first kappa shape index (κ1) is 13.8. The number of aliphatic hydroxyl groups is 2. The fourth-order valence-electron chi connectivity index (χ4n) is 6.05. The van der Waals surface area contributed by atoms with Gasteiger partial charge in [0, 0.05) is 13.0 Å². The second kappa shape index (κ2) is 4.19. The quantitative estimate of drug-likeness (QED) is 0.767. The van der Waals surface area contributed by atoms with Gasteiger partial charge in [0.05, 0.1) is 18.3 Å². The van der Waals surface area contributed by atoms with E-state index in [0.29, 0.717) is 18.3 Å². The summed E-state index contributed by atoms with van der Waals surface area (Å²) in [5.74, 6) is 0.734. The summed E-state index contributed by atoms with van der Waals surface area (Å²) in [7, 11) is 0. The lowest BCUT2D eigenvalue weighted by Gasteiger charge is -2.62. The van der Waals surface area contributed by atoms with Gasteiger partial charge in [-0.1, -0.05) is 27.2 Å². The molecule has 1 heterocycles. The van der Waals surface area contributed by atoms with Crippen molar-refractivity contribution >= 4 is 0 Å². The van der Waals surface area contributed by atoms with Crippen LogP contribution in [0.25, 0.3) is 0 Å². The number of hydrogen-bond acceptors (Lipinski definition) is 3. The molecule has 2 N–H and O–H groups in total. The van der Waals surface area contributed by atoms with Crippen LogP contribution in [0.4, 0.5) is 0 Å². The topological polar surface area (TPSA) is 49.7 Å². The van der Waals surface area contributed by atoms with Crippen LogP contribution in [0.3, 0.4) is 0 Å². The maximum Gasteiger partial charge on any atom is 0.0970 e. The summed E-state index contributed by atoms with van der Waals surface area (Å²) in [5, 5.41) is 20.6. The summed E-state index contributed by atoms with van der Waals surface area (Å²) in [4.78, 5) is 0. The van der Waals surface area contributed by atoms with E-state index in [2.05, 4.69) is 20.8 Å². The van der Waals surface area contributed by atoms with Crippen molar-refractivity contribution in [3.05, 3.63) is 0 Å². The standard InChI is InChI=1S/C16H28O3/c1-14(2)6-4-7-15(3)12-5-8-19-16(12,10-17)9-11(18)13(14)15/h11-13,17-18H,4-10H2,1-3H3/t11-,12+,13-,15+,16+/m0/s1. The Kier molecular flexibility index (Phi) is 3.05. The van der Waals surface area contributed by atoms with Crippen LogP contribution in [-0.4, -0.2) is 35.1 Å². The normalized spacial score (nSPS) is 52.6. The summed E-state index contributed by atoms with van der Waals surface area (Å²) < 4.78 is 5.94. The van der Waals surface area contributed by atoms with Gasteiger partial charge >= 0.3 is 0 Å². The molecule has 0 aromatic heterocycles. The first-order valence-corrected chi connectivity index (χ1v) is 7.79. The smallest absolute Gasteiger partial charge is 0.0970 e. The Labute approximate surface area is 116 Å². The predicted molar refractivity (Wildman–Crippen MR) is 73.7 cm³/mol. The molecule has 3 fully saturated rings. The molecule has 0 bridgehead atoms. The number of ether oxygens (including phenoxy) is 1. The molecule has 0 amide bonds. The molecule has 3 nitrogen and oxygen atoms in total. The fraction of sp³-hybridized carbons (Fsp3) is 1.00. The molecule has 3 heteroatoms. The molecule has 3 rings (SSSR count). The molecular formula is C16H28O3. The number of rotatable bonds is 1. The molecule has 0 aromatic carbocycles. The van der Waals surface area contributed by atoms with Crippen LogP contribution >= 0.6 is 0 Å². The van der Waals surface area contributed by atoms with Gasteiger partial charge < -0.3 is 14.9 Å². The minimum absolute atomic E-state index is 0.0530. The number of aliphatic hydroxyl groups excluding tert-OH is 2. The predicted octanol–water partition coefficient (Wildman–Crippen LogP) is 2.35. The molecule has 110 valence electrons. The highest BCUT2D eigenvalue weighted by molar-refractivity contribution is 5.13. The third kappa shape index (κ3) is 1.74. The van der Waals surface area contributed by atoms with Crippen LogP contribution < -0.4 is 0 Å². The number of hydrogen-bond donors (Lipinski definition) is 2. The second-order valence-electron chi connectivity index (χ2n) is 8.01. The van der Waals surface area contributed by atoms with E-state index in [-0.39, 0.29) is 23.5 Å². The lowest BCUT2D eigenvalue weighted by molar-refractivity contribution is -0.213. The van der Waals surface area contributed by atoms with Crippen molar-refractivity contribution in [2.45, 2.75) is 64.6 Å². The zero-order valence-corrected chi connectivity index (χ0v) is 12.5. The van der Waals surface area contributed by atoms with E-state index < -0.39 is 5.60 Å². The molecule has 0 aromatic rings. The Hall–Kier alpha value is -0.120. The highest BCUT2D eigenvalue weighted by Crippen LogP contribution is 2.64. The minimum Gasteiger partial charge on any atom is -0.393 e. The maximum absolute atomic E-state index is 10.8. The molecule has 1 aliphatic heterocycles. The molecule has 0 unspecified atom stereocenters. The highest BCUT2D eigenvalue weighted by Gasteiger charge is 2.64. The van der Waals surface area contributed by atoms with E-state index in [1.54, 1.807) is 0 Å². The maximum atomic E-state index is 10.8. The third-order valence-corrected chi connectivity index (χ3v) is 6.52. The zero-order chi connectivity index (χ0) is 13.9. The average molecular weight is 268 g/mol. The molecule has 1 saturated heterocycles. The SMILES string of the molecule is CC1(C)CCC[C@@]2(C)[C@H]1[C@@H](O)C[C@]1(CO)OCC[C@@H]12. The van der Waals surface area contributed by atoms with Gasteiger partial charge in [0.1, 0.15) is 0 Å². The first-order valence-electron chi connectivity index (χ1n) is 7.79. The van der Waals surface area contributed by atoms with Crippen LogP contribution in [0.5, 0.6) is 0 Å². The van der Waals surface area contributed by atoms with E-state index in [4.69, 9.17) is 4.74 Å². The van der Waals surface area contributed by atoms with E-state index in [0.717, 1.165) is 19.4 Å². The summed E-state index contributed by atoms with van der Waals surface area (Å²) >= 11 is 0. The van der Waals surface area contributed by atoms with E-state index in [1.165, 1.54) is 12.8 Å². The molecule has 19 heavy (non-hydrogen) atoms. The largest absolute Gasteiger partial charge is 0.393 e. The van der Waals surface area contributed by atoms with E-state index >= 15 is 0 Å². The Balaban J connectivity index is 2.04. The molecule has 2 aliphatic carbocycles. The molecular weight excluding hydrogens is 240 g/mol. The highest BCUT2D eigenvalue weighted by atomic mass is 16.5. The molecule has 2 saturated carbocycles. The van der Waals surface area contributed by atoms with Crippen molar-refractivity contribution in [2.75, 3.05) is 13.2 Å². The van der Waals surface area contributed by atoms with Crippen LogP contribution in [0, 0.1) is 22.7 Å². The Morgan fingerprint density at radius 2 is 1.95 bits per heavy atom. The number of fused-ring (bicyclic) bond motifs is 3. The van der Waals surface area contributed by atoms with Gasteiger partial charge in [-0.25, -0.2) is 0 Å². The van der Waals surface area contributed by atoms with Gasteiger partial charge in [0.15, 0.2) is 0 Å². The molecule has 3 aliphatic rings. The molecule has 5 atom stereocenters. The van der Waals surface area contributed by atoms with Gasteiger partial charge in [-0.2, -0.15) is 0 Å². The second-order valence-corrected chi connectivity index (χ2v) is 8.01. The van der Waals surface area contributed by atoms with E-state index in [9.17, 15) is 10.2 Å². The van der Waals surface area contributed by atoms with Gasteiger partial charge in [-0.15, -0.1) is 0 Å². The van der Waals surface area contributed by atoms with Crippen LogP contribution in [0.2, 0.25) is 0 Å². The van der Waals surface area contributed by atoms with Gasteiger partial charge in [-0.05, 0) is 41.9 Å². The fourth-order valence-corrected chi connectivity index (χ4v) is 6.05. The monoisotopic (exact) mass is 268 g/mol. The lowest BCUT2D eigenvalue weighted by Crippen LogP contribution is -2.63. The third-order valence-electron chi connectivity index (χ3n) is 6.52. The van der Waals surface area contributed by atoms with Gasteiger partial charge in [0.25, 0.3) is 0 Å². The van der Waals surface area contributed by atoms with Crippen LogP contribution in [-0.2, 0) is 4.74 Å². The van der Waals surface area contributed by atoms with Crippen LogP contribution in [0.1, 0.15) is 52.9 Å². The Morgan fingerprint density at radius 1 is 1.21 bits per heavy atom. The lowest BCUT2D eigenvalue weighted by atomic mass is 9.44.